The van der Waals surface area contributed by atoms with Gasteiger partial charge in [-0.25, -0.2) is 4.68 Å². The maximum atomic E-state index is 13.3. The molecule has 6 rings (SSSR count). The first-order valence-electron chi connectivity index (χ1n) is 10.5. The SMILES string of the molecule is CC1(C)CC(=O)C2=C(C1)Nc1nc(-c3cccc4ccccc34)nn1C2c1cccs1. The van der Waals surface area contributed by atoms with E-state index in [-0.39, 0.29) is 17.2 Å². The molecule has 0 amide bonds. The standard InChI is InChI=1S/C25H22N4OS/c1-25(2)13-18-21(19(30)14-25)22(20-11-6-12-31-20)29-24(26-18)27-23(28-29)17-10-5-8-15-7-3-4-9-16(15)17/h3-12,22H,13-14H2,1-2H3,(H,26,27,28). The molecular formula is C25H22N4OS. The van der Waals surface area contributed by atoms with E-state index < -0.39 is 0 Å². The van der Waals surface area contributed by atoms with Gasteiger partial charge < -0.3 is 5.32 Å². The first-order chi connectivity index (χ1) is 15.0. The molecular weight excluding hydrogens is 404 g/mol. The van der Waals surface area contributed by atoms with E-state index in [1.54, 1.807) is 11.3 Å². The topological polar surface area (TPSA) is 59.8 Å². The molecule has 2 aromatic carbocycles. The third kappa shape index (κ3) is 2.93. The molecule has 0 spiro atoms. The average molecular weight is 427 g/mol. The number of benzene rings is 2. The summed E-state index contributed by atoms with van der Waals surface area (Å²) in [6.07, 6.45) is 1.38. The minimum absolute atomic E-state index is 0.0659. The second kappa shape index (κ2) is 6.62. The van der Waals surface area contributed by atoms with Crippen LogP contribution in [0.25, 0.3) is 22.2 Å². The third-order valence-electron chi connectivity index (χ3n) is 6.18. The average Bonchev–Trinajstić information content (AvgIpc) is 3.41. The number of thiophene rings is 1. The van der Waals surface area contributed by atoms with Crippen LogP contribution in [0, 0.1) is 5.41 Å². The van der Waals surface area contributed by atoms with Gasteiger partial charge in [0.2, 0.25) is 5.95 Å². The number of fused-ring (bicyclic) bond motifs is 2. The highest BCUT2D eigenvalue weighted by Crippen LogP contribution is 2.46. The van der Waals surface area contributed by atoms with Crippen LogP contribution in [0.3, 0.4) is 0 Å². The largest absolute Gasteiger partial charge is 0.328 e. The summed E-state index contributed by atoms with van der Waals surface area (Å²) in [5.41, 5.74) is 2.76. The predicted octanol–water partition coefficient (Wildman–Crippen LogP) is 5.82. The molecule has 5 nitrogen and oxygen atoms in total. The summed E-state index contributed by atoms with van der Waals surface area (Å²) < 4.78 is 1.90. The number of hydrogen-bond donors (Lipinski definition) is 1. The Hall–Kier alpha value is -3.25. The number of ketones is 1. The summed E-state index contributed by atoms with van der Waals surface area (Å²) in [6, 6.07) is 18.4. The minimum atomic E-state index is -0.230. The van der Waals surface area contributed by atoms with Crippen molar-refractivity contribution in [3.63, 3.8) is 0 Å². The quantitative estimate of drug-likeness (QED) is 0.439. The Morgan fingerprint density at radius 3 is 2.74 bits per heavy atom. The van der Waals surface area contributed by atoms with Crippen LogP contribution in [-0.4, -0.2) is 20.5 Å². The fourth-order valence-corrected chi connectivity index (χ4v) is 5.67. The molecule has 0 saturated carbocycles. The molecule has 0 radical (unpaired) electrons. The molecule has 0 fully saturated rings. The van der Waals surface area contributed by atoms with Crippen molar-refractivity contribution in [2.45, 2.75) is 32.7 Å². The number of rotatable bonds is 2. The molecule has 3 heterocycles. The van der Waals surface area contributed by atoms with Gasteiger partial charge in [0, 0.05) is 28.1 Å². The molecule has 154 valence electrons. The number of hydrogen-bond acceptors (Lipinski definition) is 5. The number of nitrogens with zero attached hydrogens (tertiary/aromatic N) is 3. The van der Waals surface area contributed by atoms with Crippen LogP contribution in [0.5, 0.6) is 0 Å². The number of nitrogens with one attached hydrogen (secondary N) is 1. The molecule has 2 aromatic heterocycles. The van der Waals surface area contributed by atoms with E-state index in [1.165, 1.54) is 0 Å². The highest BCUT2D eigenvalue weighted by atomic mass is 32.1. The molecule has 6 heteroatoms. The summed E-state index contributed by atoms with van der Waals surface area (Å²) in [4.78, 5) is 19.3. The predicted molar refractivity (Wildman–Crippen MR) is 124 cm³/mol. The first-order valence-corrected chi connectivity index (χ1v) is 11.4. The van der Waals surface area contributed by atoms with E-state index in [4.69, 9.17) is 10.1 Å². The minimum Gasteiger partial charge on any atom is -0.328 e. The van der Waals surface area contributed by atoms with Gasteiger partial charge in [-0.2, -0.15) is 4.98 Å². The lowest BCUT2D eigenvalue weighted by atomic mass is 9.73. The van der Waals surface area contributed by atoms with E-state index in [9.17, 15) is 4.79 Å². The van der Waals surface area contributed by atoms with Crippen LogP contribution < -0.4 is 5.32 Å². The Labute approximate surface area is 184 Å². The van der Waals surface area contributed by atoms with Crippen molar-refractivity contribution in [3.8, 4) is 11.4 Å². The fourth-order valence-electron chi connectivity index (χ4n) is 4.85. The molecule has 0 saturated heterocycles. The molecule has 2 aliphatic rings. The van der Waals surface area contributed by atoms with Crippen LogP contribution >= 0.6 is 11.3 Å². The van der Waals surface area contributed by atoms with E-state index in [1.807, 2.05) is 28.9 Å². The molecule has 0 bridgehead atoms. The Balaban J connectivity index is 1.54. The highest BCUT2D eigenvalue weighted by molar-refractivity contribution is 7.10. The maximum Gasteiger partial charge on any atom is 0.226 e. The Bertz CT molecular complexity index is 1360. The summed E-state index contributed by atoms with van der Waals surface area (Å²) in [5.74, 6) is 1.57. The lowest BCUT2D eigenvalue weighted by Crippen LogP contribution is -2.36. The summed E-state index contributed by atoms with van der Waals surface area (Å²) in [7, 11) is 0. The zero-order valence-corrected chi connectivity index (χ0v) is 18.2. The van der Waals surface area contributed by atoms with Crippen molar-refractivity contribution in [2.75, 3.05) is 5.32 Å². The van der Waals surface area contributed by atoms with Crippen molar-refractivity contribution in [3.05, 3.63) is 76.1 Å². The van der Waals surface area contributed by atoms with Crippen molar-refractivity contribution in [1.29, 1.82) is 0 Å². The molecule has 1 atom stereocenters. The second-order valence-electron chi connectivity index (χ2n) is 9.11. The monoisotopic (exact) mass is 426 g/mol. The second-order valence-corrected chi connectivity index (χ2v) is 10.1. The van der Waals surface area contributed by atoms with E-state index in [0.717, 1.165) is 38.9 Å². The Morgan fingerprint density at radius 2 is 1.90 bits per heavy atom. The van der Waals surface area contributed by atoms with Gasteiger partial charge in [-0.05, 0) is 34.1 Å². The number of anilines is 1. The van der Waals surface area contributed by atoms with Crippen molar-refractivity contribution >= 4 is 33.8 Å². The van der Waals surface area contributed by atoms with Gasteiger partial charge in [-0.15, -0.1) is 16.4 Å². The van der Waals surface area contributed by atoms with E-state index in [2.05, 4.69) is 54.9 Å². The van der Waals surface area contributed by atoms with E-state index >= 15 is 0 Å². The summed E-state index contributed by atoms with van der Waals surface area (Å²) in [5, 5.41) is 12.7. The first kappa shape index (κ1) is 18.5. The van der Waals surface area contributed by atoms with Crippen molar-refractivity contribution in [1.82, 2.24) is 14.8 Å². The Morgan fingerprint density at radius 1 is 1.06 bits per heavy atom. The number of allylic oxidation sites excluding steroid dienone is 2. The third-order valence-corrected chi connectivity index (χ3v) is 7.10. The molecule has 1 N–H and O–H groups in total. The van der Waals surface area contributed by atoms with Crippen LogP contribution in [0.1, 0.15) is 37.6 Å². The summed E-state index contributed by atoms with van der Waals surface area (Å²) >= 11 is 1.66. The van der Waals surface area contributed by atoms with Crippen LogP contribution in [-0.2, 0) is 4.79 Å². The molecule has 1 unspecified atom stereocenters. The number of Topliss-reactive ketones (excluding diaryl/α,β-unsaturated/α-hetero) is 1. The van der Waals surface area contributed by atoms with Gasteiger partial charge in [-0.3, -0.25) is 4.79 Å². The van der Waals surface area contributed by atoms with Crippen LogP contribution in [0.15, 0.2) is 71.2 Å². The summed E-state index contributed by atoms with van der Waals surface area (Å²) in [6.45, 7) is 4.30. The van der Waals surface area contributed by atoms with Gasteiger partial charge in [-0.1, -0.05) is 62.4 Å². The normalized spacial score (nSPS) is 19.8. The smallest absolute Gasteiger partial charge is 0.226 e. The maximum absolute atomic E-state index is 13.3. The van der Waals surface area contributed by atoms with Gasteiger partial charge in [0.25, 0.3) is 0 Å². The molecule has 31 heavy (non-hydrogen) atoms. The Kier molecular flexibility index (Phi) is 3.96. The number of aromatic nitrogens is 3. The molecule has 1 aliphatic heterocycles. The number of carbonyl (C=O) groups is 1. The van der Waals surface area contributed by atoms with Gasteiger partial charge >= 0.3 is 0 Å². The van der Waals surface area contributed by atoms with Crippen molar-refractivity contribution < 1.29 is 4.79 Å². The molecule has 4 aromatic rings. The lowest BCUT2D eigenvalue weighted by molar-refractivity contribution is -0.118. The van der Waals surface area contributed by atoms with Gasteiger partial charge in [0.15, 0.2) is 11.6 Å². The number of carbonyl (C=O) groups excluding carboxylic acids is 1. The van der Waals surface area contributed by atoms with Crippen molar-refractivity contribution in [2.24, 2.45) is 5.41 Å². The van der Waals surface area contributed by atoms with Gasteiger partial charge in [0.1, 0.15) is 6.04 Å². The zero-order chi connectivity index (χ0) is 21.2. The fraction of sp³-hybridized carbons (Fsp3) is 0.240. The molecule has 1 aliphatic carbocycles. The van der Waals surface area contributed by atoms with E-state index in [0.29, 0.717) is 18.2 Å². The van der Waals surface area contributed by atoms with Crippen LogP contribution in [0.2, 0.25) is 0 Å². The lowest BCUT2D eigenvalue weighted by Gasteiger charge is -2.37. The zero-order valence-electron chi connectivity index (χ0n) is 17.4. The van der Waals surface area contributed by atoms with Gasteiger partial charge in [0.05, 0.1) is 0 Å². The van der Waals surface area contributed by atoms with Crippen LogP contribution in [0.4, 0.5) is 5.95 Å². The highest BCUT2D eigenvalue weighted by Gasteiger charge is 2.42.